The van der Waals surface area contributed by atoms with Crippen molar-refractivity contribution >= 4 is 22.9 Å². The van der Waals surface area contributed by atoms with Gasteiger partial charge in [0.25, 0.3) is 0 Å². The molecule has 0 bridgehead atoms. The molecule has 0 aliphatic carbocycles. The number of rotatable bonds is 3. The second kappa shape index (κ2) is 4.23. The maximum atomic E-state index is 5.70. The van der Waals surface area contributed by atoms with E-state index in [4.69, 9.17) is 5.73 Å². The molecule has 0 aromatic carbocycles. The van der Waals surface area contributed by atoms with Gasteiger partial charge < -0.3 is 20.2 Å². The van der Waals surface area contributed by atoms with Crippen LogP contribution in [0.5, 0.6) is 0 Å². The Morgan fingerprint density at radius 3 is 2.95 bits per heavy atom. The van der Waals surface area contributed by atoms with Gasteiger partial charge in [0.1, 0.15) is 11.3 Å². The second-order valence-electron chi connectivity index (χ2n) is 4.32. The fourth-order valence-corrected chi connectivity index (χ4v) is 1.95. The fourth-order valence-electron chi connectivity index (χ4n) is 1.95. The van der Waals surface area contributed by atoms with Gasteiger partial charge in [-0.05, 0) is 0 Å². The van der Waals surface area contributed by atoms with Crippen molar-refractivity contribution in [3.05, 3.63) is 24.5 Å². The number of H-pyrrole nitrogens is 1. The highest BCUT2D eigenvalue weighted by Gasteiger charge is 2.14. The number of hydrogen-bond donors (Lipinski definition) is 2. The van der Waals surface area contributed by atoms with Crippen molar-refractivity contribution in [3.8, 4) is 0 Å². The van der Waals surface area contributed by atoms with E-state index in [9.17, 15) is 0 Å². The minimum absolute atomic E-state index is 0.210. The minimum atomic E-state index is 0.210. The van der Waals surface area contributed by atoms with Crippen molar-refractivity contribution < 1.29 is 0 Å². The Morgan fingerprint density at radius 1 is 1.37 bits per heavy atom. The summed E-state index contributed by atoms with van der Waals surface area (Å²) in [5.41, 5.74) is 7.03. The molecular weight excluding hydrogens is 244 g/mol. The van der Waals surface area contributed by atoms with Crippen LogP contribution in [0.15, 0.2) is 18.7 Å². The molecule has 0 radical (unpaired) electrons. The number of nitrogens with one attached hydrogen (secondary N) is 1. The first-order chi connectivity index (χ1) is 9.15. The molecule has 3 rings (SSSR count). The molecule has 0 saturated carbocycles. The summed E-state index contributed by atoms with van der Waals surface area (Å²) in [6.45, 7) is 0.619. The third-order valence-corrected chi connectivity index (χ3v) is 2.94. The Kier molecular flexibility index (Phi) is 2.55. The van der Waals surface area contributed by atoms with Crippen molar-refractivity contribution in [2.75, 3.05) is 17.7 Å². The molecule has 0 aliphatic rings. The molecule has 8 heteroatoms. The van der Waals surface area contributed by atoms with Crippen LogP contribution in [-0.2, 0) is 13.6 Å². The Morgan fingerprint density at radius 2 is 2.21 bits per heavy atom. The fraction of sp³-hybridized carbons (Fsp3) is 0.273. The molecular formula is C11H14N8. The summed E-state index contributed by atoms with van der Waals surface area (Å²) in [7, 11) is 3.88. The van der Waals surface area contributed by atoms with E-state index in [-0.39, 0.29) is 5.95 Å². The first-order valence-corrected chi connectivity index (χ1v) is 5.79. The molecule has 0 unspecified atom stereocenters. The maximum Gasteiger partial charge on any atom is 0.224 e. The van der Waals surface area contributed by atoms with Gasteiger partial charge in [0.2, 0.25) is 5.95 Å². The summed E-state index contributed by atoms with van der Waals surface area (Å²) < 4.78 is 1.96. The summed E-state index contributed by atoms with van der Waals surface area (Å²) >= 11 is 0. The highest BCUT2D eigenvalue weighted by molar-refractivity contribution is 5.83. The highest BCUT2D eigenvalue weighted by atomic mass is 15.2. The zero-order chi connectivity index (χ0) is 13.4. The van der Waals surface area contributed by atoms with E-state index in [1.807, 2.05) is 29.8 Å². The van der Waals surface area contributed by atoms with Crippen molar-refractivity contribution in [3.63, 3.8) is 0 Å². The number of nitrogens with zero attached hydrogens (tertiary/aromatic N) is 6. The molecule has 19 heavy (non-hydrogen) atoms. The van der Waals surface area contributed by atoms with Crippen LogP contribution < -0.4 is 10.6 Å². The molecule has 3 aromatic rings. The molecule has 0 spiro atoms. The van der Waals surface area contributed by atoms with E-state index in [2.05, 4.69) is 24.9 Å². The summed E-state index contributed by atoms with van der Waals surface area (Å²) in [6.07, 6.45) is 5.25. The Hall–Kier alpha value is -2.64. The topological polar surface area (TPSA) is 102 Å². The average Bonchev–Trinajstić information content (AvgIpc) is 2.98. The van der Waals surface area contributed by atoms with Crippen molar-refractivity contribution in [1.29, 1.82) is 0 Å². The summed E-state index contributed by atoms with van der Waals surface area (Å²) in [5.74, 6) is 1.86. The van der Waals surface area contributed by atoms with Crippen LogP contribution in [0.3, 0.4) is 0 Å². The lowest BCUT2D eigenvalue weighted by Gasteiger charge is -2.18. The van der Waals surface area contributed by atoms with E-state index in [0.29, 0.717) is 18.0 Å². The lowest BCUT2D eigenvalue weighted by atomic mass is 10.4. The molecule has 0 atom stereocenters. The van der Waals surface area contributed by atoms with Crippen LogP contribution in [0.4, 0.5) is 11.8 Å². The van der Waals surface area contributed by atoms with Gasteiger partial charge in [-0.1, -0.05) is 0 Å². The van der Waals surface area contributed by atoms with Gasteiger partial charge in [0, 0.05) is 26.5 Å². The number of aromatic amines is 1. The molecule has 0 amide bonds. The SMILES string of the molecule is CN(Cc1nccn1C)c1nc(N)nc2nc[nH]c12. The van der Waals surface area contributed by atoms with Crippen LogP contribution in [0, 0.1) is 0 Å². The van der Waals surface area contributed by atoms with Crippen LogP contribution in [-0.4, -0.2) is 36.5 Å². The average molecular weight is 258 g/mol. The van der Waals surface area contributed by atoms with Gasteiger partial charge in [0.05, 0.1) is 12.9 Å². The van der Waals surface area contributed by atoms with Crippen molar-refractivity contribution in [2.45, 2.75) is 6.54 Å². The maximum absolute atomic E-state index is 5.70. The predicted octanol–water partition coefficient (Wildman–Crippen LogP) is 0.305. The highest BCUT2D eigenvalue weighted by Crippen LogP contribution is 2.21. The van der Waals surface area contributed by atoms with E-state index < -0.39 is 0 Å². The predicted molar refractivity (Wildman–Crippen MR) is 71.4 cm³/mol. The zero-order valence-electron chi connectivity index (χ0n) is 10.7. The van der Waals surface area contributed by atoms with Crippen LogP contribution >= 0.6 is 0 Å². The third-order valence-electron chi connectivity index (χ3n) is 2.94. The largest absolute Gasteiger partial charge is 0.368 e. The first-order valence-electron chi connectivity index (χ1n) is 5.79. The van der Waals surface area contributed by atoms with Gasteiger partial charge in [0.15, 0.2) is 11.5 Å². The molecule has 0 saturated heterocycles. The smallest absolute Gasteiger partial charge is 0.224 e. The molecule has 3 aromatic heterocycles. The quantitative estimate of drug-likeness (QED) is 0.700. The first kappa shape index (κ1) is 11.5. The number of hydrogen-bond acceptors (Lipinski definition) is 6. The van der Waals surface area contributed by atoms with Crippen molar-refractivity contribution in [2.24, 2.45) is 7.05 Å². The lowest BCUT2D eigenvalue weighted by molar-refractivity contribution is 0.756. The number of aryl methyl sites for hydroxylation is 1. The van der Waals surface area contributed by atoms with Crippen LogP contribution in [0.1, 0.15) is 5.82 Å². The van der Waals surface area contributed by atoms with Gasteiger partial charge in [-0.3, -0.25) is 0 Å². The molecule has 3 N–H and O–H groups in total. The summed E-state index contributed by atoms with van der Waals surface area (Å²) in [6, 6.07) is 0. The summed E-state index contributed by atoms with van der Waals surface area (Å²) in [5, 5.41) is 0. The van der Waals surface area contributed by atoms with Gasteiger partial charge in [-0.2, -0.15) is 9.97 Å². The molecule has 8 nitrogen and oxygen atoms in total. The lowest BCUT2D eigenvalue weighted by Crippen LogP contribution is -2.21. The number of fused-ring (bicyclic) bond motifs is 1. The molecule has 0 fully saturated rings. The van der Waals surface area contributed by atoms with E-state index in [1.165, 1.54) is 0 Å². The Bertz CT molecular complexity index is 712. The standard InChI is InChI=1S/C11H14N8/c1-18-4-3-13-7(18)5-19(2)10-8-9(15-6-14-8)16-11(12)17-10/h3-4,6H,5H2,1-2H3,(H3,12,14,15,16,17). The Balaban J connectivity index is 1.99. The molecule has 98 valence electrons. The van der Waals surface area contributed by atoms with E-state index in [1.54, 1.807) is 12.5 Å². The minimum Gasteiger partial charge on any atom is -0.368 e. The van der Waals surface area contributed by atoms with Crippen LogP contribution in [0.25, 0.3) is 11.2 Å². The number of anilines is 2. The monoisotopic (exact) mass is 258 g/mol. The van der Waals surface area contributed by atoms with Crippen molar-refractivity contribution in [1.82, 2.24) is 29.5 Å². The van der Waals surface area contributed by atoms with Gasteiger partial charge in [-0.25, -0.2) is 9.97 Å². The van der Waals surface area contributed by atoms with E-state index in [0.717, 1.165) is 11.3 Å². The normalized spacial score (nSPS) is 11.1. The van der Waals surface area contributed by atoms with E-state index >= 15 is 0 Å². The number of nitrogens with two attached hydrogens (primary N) is 1. The summed E-state index contributed by atoms with van der Waals surface area (Å²) in [4.78, 5) is 21.7. The number of aromatic nitrogens is 6. The Labute approximate surface area is 109 Å². The third kappa shape index (κ3) is 1.96. The van der Waals surface area contributed by atoms with Gasteiger partial charge in [-0.15, -0.1) is 0 Å². The number of nitrogen functional groups attached to an aromatic ring is 1. The van der Waals surface area contributed by atoms with Crippen LogP contribution in [0.2, 0.25) is 0 Å². The zero-order valence-corrected chi connectivity index (χ0v) is 10.7. The van der Waals surface area contributed by atoms with Gasteiger partial charge >= 0.3 is 0 Å². The molecule has 3 heterocycles. The second-order valence-corrected chi connectivity index (χ2v) is 4.32. The number of imidazole rings is 2. The molecule has 0 aliphatic heterocycles.